The Hall–Kier alpha value is -3.10. The van der Waals surface area contributed by atoms with Gasteiger partial charge in [-0.15, -0.1) is 0 Å². The topological polar surface area (TPSA) is 75.3 Å². The summed E-state index contributed by atoms with van der Waals surface area (Å²) in [6.45, 7) is 5.30. The van der Waals surface area contributed by atoms with Crippen molar-refractivity contribution in [3.63, 3.8) is 0 Å². The van der Waals surface area contributed by atoms with Gasteiger partial charge in [0.15, 0.2) is 5.82 Å². The number of hydrogen-bond donors (Lipinski definition) is 0. The van der Waals surface area contributed by atoms with Gasteiger partial charge in [0.05, 0.1) is 23.4 Å². The molecule has 9 nitrogen and oxygen atoms in total. The average molecular weight is 380 g/mol. The number of carbonyl (C=O) groups excluding carboxylic acids is 1. The number of amides is 2. The van der Waals surface area contributed by atoms with Crippen LogP contribution in [0.1, 0.15) is 18.2 Å². The standard InChI is InChI=1S/C19H24N8O/c1-13-8-16-17(24(13)3)18(21-12-20-16)25-5-4-14(10-25)27-11-15(9-22-27)26-7-6-23(2)19(26)28/h8-9,11-12,14H,4-7,10H2,1-3H3. The van der Waals surface area contributed by atoms with Gasteiger partial charge in [-0.2, -0.15) is 5.10 Å². The maximum atomic E-state index is 12.2. The molecule has 2 fully saturated rings. The first-order valence-corrected chi connectivity index (χ1v) is 9.61. The first-order valence-electron chi connectivity index (χ1n) is 9.61. The molecule has 0 aromatic carbocycles. The van der Waals surface area contributed by atoms with E-state index >= 15 is 0 Å². The summed E-state index contributed by atoms with van der Waals surface area (Å²) in [5, 5.41) is 4.55. The number of urea groups is 1. The lowest BCUT2D eigenvalue weighted by molar-refractivity contribution is 0.229. The number of likely N-dealkylation sites (N-methyl/N-ethyl adjacent to an activating group) is 1. The number of anilines is 2. The molecule has 0 saturated carbocycles. The van der Waals surface area contributed by atoms with E-state index in [9.17, 15) is 4.79 Å². The lowest BCUT2D eigenvalue weighted by Gasteiger charge is -2.19. The molecule has 1 unspecified atom stereocenters. The van der Waals surface area contributed by atoms with Crippen LogP contribution in [0.3, 0.4) is 0 Å². The summed E-state index contributed by atoms with van der Waals surface area (Å²) in [7, 11) is 3.89. The van der Waals surface area contributed by atoms with E-state index in [0.717, 1.165) is 48.6 Å². The Kier molecular flexibility index (Phi) is 3.78. The molecule has 2 aliphatic heterocycles. The van der Waals surface area contributed by atoms with Crippen LogP contribution in [0.5, 0.6) is 0 Å². The summed E-state index contributed by atoms with van der Waals surface area (Å²) >= 11 is 0. The van der Waals surface area contributed by atoms with E-state index in [1.54, 1.807) is 22.3 Å². The first-order chi connectivity index (χ1) is 13.5. The Morgan fingerprint density at radius 2 is 2.00 bits per heavy atom. The van der Waals surface area contributed by atoms with Gasteiger partial charge in [-0.05, 0) is 19.4 Å². The predicted molar refractivity (Wildman–Crippen MR) is 107 cm³/mol. The van der Waals surface area contributed by atoms with Crippen LogP contribution in [-0.2, 0) is 7.05 Å². The largest absolute Gasteiger partial charge is 0.353 e. The molecular formula is C19H24N8O. The smallest absolute Gasteiger partial charge is 0.324 e. The summed E-state index contributed by atoms with van der Waals surface area (Å²) < 4.78 is 4.15. The van der Waals surface area contributed by atoms with Crippen LogP contribution >= 0.6 is 0 Å². The maximum absolute atomic E-state index is 12.2. The number of aryl methyl sites for hydroxylation is 2. The highest BCUT2D eigenvalue weighted by atomic mass is 16.2. The van der Waals surface area contributed by atoms with Crippen LogP contribution in [0.2, 0.25) is 0 Å². The van der Waals surface area contributed by atoms with Crippen molar-refractivity contribution >= 4 is 28.6 Å². The van der Waals surface area contributed by atoms with Crippen LogP contribution in [0.4, 0.5) is 16.3 Å². The quantitative estimate of drug-likeness (QED) is 0.693. The molecule has 0 aliphatic carbocycles. The van der Waals surface area contributed by atoms with Crippen molar-refractivity contribution in [1.29, 1.82) is 0 Å². The first kappa shape index (κ1) is 17.0. The number of rotatable bonds is 3. The predicted octanol–water partition coefficient (Wildman–Crippen LogP) is 1.80. The number of hydrogen-bond acceptors (Lipinski definition) is 5. The third kappa shape index (κ3) is 2.53. The van der Waals surface area contributed by atoms with E-state index in [1.807, 2.05) is 17.9 Å². The SMILES string of the molecule is Cc1cc2ncnc(N3CCC(n4cc(N5CCN(C)C5=O)cn4)C3)c2n1C. The fourth-order valence-electron chi connectivity index (χ4n) is 4.22. The minimum absolute atomic E-state index is 0.0371. The zero-order chi connectivity index (χ0) is 19.4. The van der Waals surface area contributed by atoms with Crippen molar-refractivity contribution < 1.29 is 4.79 Å². The van der Waals surface area contributed by atoms with Crippen LogP contribution in [-0.4, -0.2) is 68.5 Å². The fraction of sp³-hybridized carbons (Fsp3) is 0.474. The molecule has 0 bridgehead atoms. The number of carbonyl (C=O) groups is 1. The molecule has 3 aromatic rings. The summed E-state index contributed by atoms with van der Waals surface area (Å²) in [4.78, 5) is 27.1. The molecule has 2 saturated heterocycles. The second-order valence-corrected chi connectivity index (χ2v) is 7.70. The minimum Gasteiger partial charge on any atom is -0.353 e. The van der Waals surface area contributed by atoms with E-state index in [1.165, 1.54) is 5.69 Å². The normalized spacial score (nSPS) is 20.2. The van der Waals surface area contributed by atoms with Crippen molar-refractivity contribution in [3.05, 3.63) is 30.5 Å². The highest BCUT2D eigenvalue weighted by molar-refractivity contribution is 5.93. The maximum Gasteiger partial charge on any atom is 0.324 e. The van der Waals surface area contributed by atoms with E-state index in [4.69, 9.17) is 0 Å². The number of aromatic nitrogens is 5. The molecule has 0 N–H and O–H groups in total. The lowest BCUT2D eigenvalue weighted by Crippen LogP contribution is -2.28. The van der Waals surface area contributed by atoms with Crippen molar-refractivity contribution in [2.45, 2.75) is 19.4 Å². The number of nitrogens with zero attached hydrogens (tertiary/aromatic N) is 8. The van der Waals surface area contributed by atoms with Crippen molar-refractivity contribution in [2.75, 3.05) is 43.0 Å². The average Bonchev–Trinajstić information content (AvgIpc) is 3.45. The van der Waals surface area contributed by atoms with Crippen molar-refractivity contribution in [3.8, 4) is 0 Å². The summed E-state index contributed by atoms with van der Waals surface area (Å²) in [6, 6.07) is 2.39. The van der Waals surface area contributed by atoms with Gasteiger partial charge in [-0.25, -0.2) is 14.8 Å². The van der Waals surface area contributed by atoms with Gasteiger partial charge >= 0.3 is 6.03 Å². The number of fused-ring (bicyclic) bond motifs is 1. The molecule has 5 heterocycles. The highest BCUT2D eigenvalue weighted by Crippen LogP contribution is 2.31. The Balaban J connectivity index is 1.38. The van der Waals surface area contributed by atoms with Gasteiger partial charge in [0.25, 0.3) is 0 Å². The summed E-state index contributed by atoms with van der Waals surface area (Å²) in [5.41, 5.74) is 4.10. The van der Waals surface area contributed by atoms with Gasteiger partial charge < -0.3 is 14.4 Å². The molecule has 146 valence electrons. The summed E-state index contributed by atoms with van der Waals surface area (Å²) in [5.74, 6) is 0.979. The van der Waals surface area contributed by atoms with E-state index in [0.29, 0.717) is 6.54 Å². The summed E-state index contributed by atoms with van der Waals surface area (Å²) in [6.07, 6.45) is 6.42. The van der Waals surface area contributed by atoms with Crippen LogP contribution in [0.25, 0.3) is 11.0 Å². The van der Waals surface area contributed by atoms with Crippen LogP contribution in [0, 0.1) is 6.92 Å². The van der Waals surface area contributed by atoms with Gasteiger partial charge in [0.1, 0.15) is 11.8 Å². The lowest BCUT2D eigenvalue weighted by atomic mass is 10.3. The molecule has 5 rings (SSSR count). The van der Waals surface area contributed by atoms with E-state index < -0.39 is 0 Å². The van der Waals surface area contributed by atoms with Gasteiger partial charge in [0, 0.05) is 52.2 Å². The van der Waals surface area contributed by atoms with E-state index in [-0.39, 0.29) is 12.1 Å². The molecule has 9 heteroatoms. The molecule has 0 spiro atoms. The van der Waals surface area contributed by atoms with Gasteiger partial charge in [-0.3, -0.25) is 9.58 Å². The fourth-order valence-corrected chi connectivity index (χ4v) is 4.22. The molecule has 2 amide bonds. The molecule has 1 atom stereocenters. The van der Waals surface area contributed by atoms with Crippen LogP contribution < -0.4 is 9.80 Å². The van der Waals surface area contributed by atoms with Crippen LogP contribution in [0.15, 0.2) is 24.8 Å². The second-order valence-electron chi connectivity index (χ2n) is 7.70. The van der Waals surface area contributed by atoms with Gasteiger partial charge in [0.2, 0.25) is 0 Å². The molecule has 28 heavy (non-hydrogen) atoms. The minimum atomic E-state index is 0.0371. The zero-order valence-electron chi connectivity index (χ0n) is 16.4. The Morgan fingerprint density at radius 1 is 1.14 bits per heavy atom. The third-order valence-electron chi connectivity index (χ3n) is 5.99. The molecular weight excluding hydrogens is 356 g/mol. The monoisotopic (exact) mass is 380 g/mol. The van der Waals surface area contributed by atoms with E-state index in [2.05, 4.69) is 44.6 Å². The Labute approximate surface area is 163 Å². The molecule has 2 aliphatic rings. The van der Waals surface area contributed by atoms with Crippen molar-refractivity contribution in [2.24, 2.45) is 7.05 Å². The molecule has 0 radical (unpaired) electrons. The Morgan fingerprint density at radius 3 is 2.79 bits per heavy atom. The Bertz CT molecular complexity index is 1050. The third-order valence-corrected chi connectivity index (χ3v) is 5.99. The zero-order valence-corrected chi connectivity index (χ0v) is 16.4. The second kappa shape index (κ2) is 6.22. The van der Waals surface area contributed by atoms with Crippen molar-refractivity contribution in [1.82, 2.24) is 29.2 Å². The van der Waals surface area contributed by atoms with Gasteiger partial charge in [-0.1, -0.05) is 0 Å². The highest BCUT2D eigenvalue weighted by Gasteiger charge is 2.30. The molecule has 3 aromatic heterocycles.